The molecule has 3 heterocycles. The van der Waals surface area contributed by atoms with Gasteiger partial charge >= 0.3 is 0 Å². The Hall–Kier alpha value is -2.28. The fraction of sp³-hybridized carbons (Fsp3) is 0.467. The highest BCUT2D eigenvalue weighted by atomic mass is 16.5. The number of aromatic nitrogens is 4. The van der Waals surface area contributed by atoms with E-state index in [1.165, 1.54) is 0 Å². The second kappa shape index (κ2) is 6.65. The first-order valence-electron chi connectivity index (χ1n) is 7.39. The van der Waals surface area contributed by atoms with Gasteiger partial charge in [0.2, 0.25) is 5.91 Å². The zero-order valence-corrected chi connectivity index (χ0v) is 12.5. The van der Waals surface area contributed by atoms with Crippen molar-refractivity contribution < 1.29 is 9.53 Å². The molecule has 0 unspecified atom stereocenters. The quantitative estimate of drug-likeness (QED) is 0.912. The second-order valence-corrected chi connectivity index (χ2v) is 5.34. The number of morpholine rings is 1. The molecule has 1 saturated heterocycles. The van der Waals surface area contributed by atoms with E-state index in [-0.39, 0.29) is 12.0 Å². The van der Waals surface area contributed by atoms with E-state index in [2.05, 4.69) is 20.2 Å². The Balaban J connectivity index is 1.56. The third kappa shape index (κ3) is 3.48. The van der Waals surface area contributed by atoms with Gasteiger partial charge in [-0.05, 0) is 25.0 Å². The van der Waals surface area contributed by atoms with E-state index in [4.69, 9.17) is 4.74 Å². The number of nitrogens with zero attached hydrogens (tertiary/aromatic N) is 4. The summed E-state index contributed by atoms with van der Waals surface area (Å²) in [5.74, 6) is 1.49. The average Bonchev–Trinajstić information content (AvgIpc) is 3.00. The van der Waals surface area contributed by atoms with Crippen molar-refractivity contribution in [2.75, 3.05) is 19.7 Å². The number of hydrogen-bond donors (Lipinski definition) is 1. The van der Waals surface area contributed by atoms with Crippen LogP contribution in [0.1, 0.15) is 29.7 Å². The van der Waals surface area contributed by atoms with Crippen molar-refractivity contribution in [1.82, 2.24) is 25.1 Å². The molecule has 0 aromatic carbocycles. The minimum atomic E-state index is -0.249. The van der Waals surface area contributed by atoms with Gasteiger partial charge in [-0.25, -0.2) is 4.98 Å². The fourth-order valence-electron chi connectivity index (χ4n) is 2.49. The van der Waals surface area contributed by atoms with E-state index < -0.39 is 0 Å². The van der Waals surface area contributed by atoms with Gasteiger partial charge in [-0.1, -0.05) is 6.07 Å². The Morgan fingerprint density at radius 2 is 2.45 bits per heavy atom. The first kappa shape index (κ1) is 14.6. The molecule has 3 rings (SSSR count). The second-order valence-electron chi connectivity index (χ2n) is 5.34. The summed E-state index contributed by atoms with van der Waals surface area (Å²) in [4.78, 5) is 22.5. The van der Waals surface area contributed by atoms with Crippen LogP contribution in [0.15, 0.2) is 24.5 Å². The zero-order chi connectivity index (χ0) is 15.4. The number of nitrogens with one attached hydrogen (secondary N) is 1. The molecular formula is C15H19N5O2. The molecule has 7 heteroatoms. The number of aryl methyl sites for hydroxylation is 2. The summed E-state index contributed by atoms with van der Waals surface area (Å²) in [6.07, 6.45) is 4.46. The van der Waals surface area contributed by atoms with Crippen LogP contribution in [0.2, 0.25) is 0 Å². The summed E-state index contributed by atoms with van der Waals surface area (Å²) in [5, 5.41) is 6.92. The molecule has 1 amide bonds. The van der Waals surface area contributed by atoms with Crippen molar-refractivity contribution in [3.05, 3.63) is 41.7 Å². The van der Waals surface area contributed by atoms with Crippen LogP contribution >= 0.6 is 0 Å². The molecule has 1 aliphatic heterocycles. The Morgan fingerprint density at radius 3 is 3.18 bits per heavy atom. The molecule has 0 bridgehead atoms. The summed E-state index contributed by atoms with van der Waals surface area (Å²) in [6, 6.07) is 3.87. The van der Waals surface area contributed by atoms with Crippen molar-refractivity contribution in [2.45, 2.75) is 25.9 Å². The average molecular weight is 301 g/mol. The molecule has 0 aliphatic carbocycles. The molecule has 1 aliphatic rings. The molecule has 1 fully saturated rings. The summed E-state index contributed by atoms with van der Waals surface area (Å²) >= 11 is 0. The van der Waals surface area contributed by atoms with Crippen LogP contribution in [0, 0.1) is 6.92 Å². The smallest absolute Gasteiger partial charge is 0.223 e. The highest BCUT2D eigenvalue weighted by molar-refractivity contribution is 5.76. The van der Waals surface area contributed by atoms with Gasteiger partial charge in [-0.15, -0.1) is 0 Å². The highest BCUT2D eigenvalue weighted by Gasteiger charge is 2.27. The number of amides is 1. The number of rotatable bonds is 4. The van der Waals surface area contributed by atoms with E-state index >= 15 is 0 Å². The third-order valence-electron chi connectivity index (χ3n) is 3.67. The van der Waals surface area contributed by atoms with E-state index in [0.29, 0.717) is 38.4 Å². The van der Waals surface area contributed by atoms with Gasteiger partial charge < -0.3 is 9.64 Å². The number of hydrogen-bond acceptors (Lipinski definition) is 5. The minimum absolute atomic E-state index is 0.129. The van der Waals surface area contributed by atoms with E-state index in [0.717, 1.165) is 11.4 Å². The van der Waals surface area contributed by atoms with Gasteiger partial charge in [0.15, 0.2) is 5.82 Å². The van der Waals surface area contributed by atoms with Crippen molar-refractivity contribution in [3.63, 3.8) is 0 Å². The maximum absolute atomic E-state index is 12.4. The molecule has 116 valence electrons. The first-order chi connectivity index (χ1) is 10.7. The van der Waals surface area contributed by atoms with Gasteiger partial charge in [0.1, 0.15) is 11.9 Å². The summed E-state index contributed by atoms with van der Waals surface area (Å²) in [6.45, 7) is 3.47. The summed E-state index contributed by atoms with van der Waals surface area (Å²) in [5.41, 5.74) is 1.07. The van der Waals surface area contributed by atoms with Crippen molar-refractivity contribution >= 4 is 5.91 Å². The SMILES string of the molecule is Cc1nc([C@@H]2CN(C(=O)CCc3cccnc3)CCO2)n[nH]1. The van der Waals surface area contributed by atoms with Crippen LogP contribution in [0.25, 0.3) is 0 Å². The normalized spacial score (nSPS) is 18.4. The molecule has 1 N–H and O–H groups in total. The molecule has 1 atom stereocenters. The highest BCUT2D eigenvalue weighted by Crippen LogP contribution is 2.19. The van der Waals surface area contributed by atoms with Crippen LogP contribution < -0.4 is 0 Å². The lowest BCUT2D eigenvalue weighted by atomic mass is 10.1. The largest absolute Gasteiger partial charge is 0.366 e. The van der Waals surface area contributed by atoms with Gasteiger partial charge in [0.25, 0.3) is 0 Å². The number of aromatic amines is 1. The maximum Gasteiger partial charge on any atom is 0.223 e. The monoisotopic (exact) mass is 301 g/mol. The Morgan fingerprint density at radius 1 is 1.55 bits per heavy atom. The molecule has 2 aromatic rings. The van der Waals surface area contributed by atoms with Gasteiger partial charge in [-0.2, -0.15) is 5.10 Å². The molecule has 0 saturated carbocycles. The lowest BCUT2D eigenvalue weighted by Gasteiger charge is -2.31. The van der Waals surface area contributed by atoms with Gasteiger partial charge in [-0.3, -0.25) is 14.9 Å². The molecule has 2 aromatic heterocycles. The maximum atomic E-state index is 12.4. The summed E-state index contributed by atoms with van der Waals surface area (Å²) in [7, 11) is 0. The zero-order valence-electron chi connectivity index (χ0n) is 12.5. The van der Waals surface area contributed by atoms with Crippen molar-refractivity contribution in [1.29, 1.82) is 0 Å². The van der Waals surface area contributed by atoms with Crippen molar-refractivity contribution in [3.8, 4) is 0 Å². The molecule has 7 nitrogen and oxygen atoms in total. The van der Waals surface area contributed by atoms with Gasteiger partial charge in [0.05, 0.1) is 13.2 Å². The number of pyridine rings is 1. The Bertz CT molecular complexity index is 628. The van der Waals surface area contributed by atoms with E-state index in [1.54, 1.807) is 12.4 Å². The number of ether oxygens (including phenoxy) is 1. The fourth-order valence-corrected chi connectivity index (χ4v) is 2.49. The Labute approximate surface area is 128 Å². The lowest BCUT2D eigenvalue weighted by molar-refractivity contribution is -0.139. The molecule has 0 spiro atoms. The number of carbonyl (C=O) groups excluding carboxylic acids is 1. The molecular weight excluding hydrogens is 282 g/mol. The molecule has 22 heavy (non-hydrogen) atoms. The van der Waals surface area contributed by atoms with E-state index in [1.807, 2.05) is 24.0 Å². The number of H-pyrrole nitrogens is 1. The predicted octanol–water partition coefficient (Wildman–Crippen LogP) is 1.04. The van der Waals surface area contributed by atoms with E-state index in [9.17, 15) is 4.79 Å². The standard InChI is InChI=1S/C15H19N5O2/c1-11-17-15(19-18-11)13-10-20(7-8-22-13)14(21)5-4-12-3-2-6-16-9-12/h2-3,6,9,13H,4-5,7-8,10H2,1H3,(H,17,18,19)/t13-/m0/s1. The van der Waals surface area contributed by atoms with Crippen LogP contribution in [0.3, 0.4) is 0 Å². The van der Waals surface area contributed by atoms with Crippen LogP contribution in [0.5, 0.6) is 0 Å². The first-order valence-corrected chi connectivity index (χ1v) is 7.39. The van der Waals surface area contributed by atoms with Gasteiger partial charge in [0, 0.05) is 25.4 Å². The van der Waals surface area contributed by atoms with Crippen LogP contribution in [0.4, 0.5) is 0 Å². The minimum Gasteiger partial charge on any atom is -0.366 e. The summed E-state index contributed by atoms with van der Waals surface area (Å²) < 4.78 is 5.67. The third-order valence-corrected chi connectivity index (χ3v) is 3.67. The topological polar surface area (TPSA) is 84.0 Å². The Kier molecular flexibility index (Phi) is 4.43. The van der Waals surface area contributed by atoms with Crippen LogP contribution in [-0.4, -0.2) is 50.7 Å². The van der Waals surface area contributed by atoms with Crippen LogP contribution in [-0.2, 0) is 16.0 Å². The van der Waals surface area contributed by atoms with Crippen molar-refractivity contribution in [2.24, 2.45) is 0 Å². The number of carbonyl (C=O) groups is 1. The predicted molar refractivity (Wildman–Crippen MR) is 79.0 cm³/mol. The lowest BCUT2D eigenvalue weighted by Crippen LogP contribution is -2.42. The molecule has 0 radical (unpaired) electrons.